The number of rotatable bonds is 4. The molecule has 0 spiro atoms. The van der Waals surface area contributed by atoms with Crippen molar-refractivity contribution in [3.05, 3.63) is 23.4 Å². The van der Waals surface area contributed by atoms with Crippen LogP contribution in [0, 0.1) is 12.3 Å². The smallest absolute Gasteiger partial charge is 0.129 e. The van der Waals surface area contributed by atoms with Gasteiger partial charge in [-0.2, -0.15) is 0 Å². The molecule has 0 aromatic carbocycles. The highest BCUT2D eigenvalue weighted by Crippen LogP contribution is 2.35. The summed E-state index contributed by atoms with van der Waals surface area (Å²) >= 11 is 0. The Balaban J connectivity index is 2.10. The third-order valence-electron chi connectivity index (χ3n) is 4.53. The molecule has 3 heteroatoms. The molecule has 1 aliphatic heterocycles. The number of aryl methyl sites for hydroxylation is 1. The molecular weight excluding hydrogens is 234 g/mol. The zero-order chi connectivity index (χ0) is 13.9. The van der Waals surface area contributed by atoms with Gasteiger partial charge in [0, 0.05) is 25.3 Å². The van der Waals surface area contributed by atoms with E-state index in [9.17, 15) is 0 Å². The van der Waals surface area contributed by atoms with E-state index in [1.165, 1.54) is 24.8 Å². The molecule has 2 rings (SSSR count). The molecule has 0 atom stereocenters. The molecular formula is C16H27N3. The summed E-state index contributed by atoms with van der Waals surface area (Å²) in [5, 5.41) is 3.22. The summed E-state index contributed by atoms with van der Waals surface area (Å²) in [7, 11) is 1.99. The Bertz CT molecular complexity index is 420. The minimum atomic E-state index is 0.536. The van der Waals surface area contributed by atoms with Gasteiger partial charge >= 0.3 is 0 Å². The quantitative estimate of drug-likeness (QED) is 0.902. The van der Waals surface area contributed by atoms with Crippen molar-refractivity contribution in [2.45, 2.75) is 46.6 Å². The standard InChI is InChI=1S/C16H27N3/c1-5-16(3)6-8-19(9-7-16)15-11-14(12-17-4)10-13(2)18-15/h10-11,17H,5-9,12H2,1-4H3. The Morgan fingerprint density at radius 1 is 1.32 bits per heavy atom. The molecule has 0 unspecified atom stereocenters. The highest BCUT2D eigenvalue weighted by molar-refractivity contribution is 5.43. The van der Waals surface area contributed by atoms with Gasteiger partial charge in [0.2, 0.25) is 0 Å². The number of pyridine rings is 1. The highest BCUT2D eigenvalue weighted by atomic mass is 15.2. The summed E-state index contributed by atoms with van der Waals surface area (Å²) in [6, 6.07) is 4.40. The predicted octanol–water partition coefficient (Wildman–Crippen LogP) is 3.13. The van der Waals surface area contributed by atoms with E-state index in [0.29, 0.717) is 5.41 Å². The average molecular weight is 261 g/mol. The molecule has 1 aliphatic rings. The van der Waals surface area contributed by atoms with Gasteiger partial charge < -0.3 is 10.2 Å². The lowest BCUT2D eigenvalue weighted by molar-refractivity contribution is 0.238. The van der Waals surface area contributed by atoms with E-state index >= 15 is 0 Å². The van der Waals surface area contributed by atoms with Gasteiger partial charge in [-0.05, 0) is 49.9 Å². The molecule has 0 amide bonds. The summed E-state index contributed by atoms with van der Waals surface area (Å²) in [4.78, 5) is 7.16. The van der Waals surface area contributed by atoms with Gasteiger partial charge in [-0.3, -0.25) is 0 Å². The monoisotopic (exact) mass is 261 g/mol. The van der Waals surface area contributed by atoms with Crippen LogP contribution in [-0.4, -0.2) is 25.1 Å². The van der Waals surface area contributed by atoms with Crippen LogP contribution in [0.3, 0.4) is 0 Å². The number of nitrogens with one attached hydrogen (secondary N) is 1. The van der Waals surface area contributed by atoms with Gasteiger partial charge in [0.1, 0.15) is 5.82 Å². The van der Waals surface area contributed by atoms with Crippen LogP contribution >= 0.6 is 0 Å². The van der Waals surface area contributed by atoms with Gasteiger partial charge in [-0.1, -0.05) is 20.3 Å². The van der Waals surface area contributed by atoms with Gasteiger partial charge in [0.05, 0.1) is 0 Å². The fraction of sp³-hybridized carbons (Fsp3) is 0.688. The normalized spacial score (nSPS) is 18.6. The Kier molecular flexibility index (Phi) is 4.46. The molecule has 0 bridgehead atoms. The predicted molar refractivity (Wildman–Crippen MR) is 81.6 cm³/mol. The summed E-state index contributed by atoms with van der Waals surface area (Å²) in [5.41, 5.74) is 2.98. The van der Waals surface area contributed by atoms with E-state index < -0.39 is 0 Å². The minimum absolute atomic E-state index is 0.536. The fourth-order valence-corrected chi connectivity index (χ4v) is 2.82. The van der Waals surface area contributed by atoms with Crippen molar-refractivity contribution in [2.24, 2.45) is 5.41 Å². The SMILES string of the molecule is CCC1(C)CCN(c2cc(CNC)cc(C)n2)CC1. The second kappa shape index (κ2) is 5.91. The number of hydrogen-bond acceptors (Lipinski definition) is 3. The number of piperidine rings is 1. The van der Waals surface area contributed by atoms with Crippen molar-refractivity contribution >= 4 is 5.82 Å². The van der Waals surface area contributed by atoms with Crippen LogP contribution in [0.4, 0.5) is 5.82 Å². The van der Waals surface area contributed by atoms with Crippen molar-refractivity contribution < 1.29 is 0 Å². The molecule has 0 saturated carbocycles. The first-order valence-corrected chi connectivity index (χ1v) is 7.43. The third-order valence-corrected chi connectivity index (χ3v) is 4.53. The molecule has 1 saturated heterocycles. The minimum Gasteiger partial charge on any atom is -0.357 e. The average Bonchev–Trinajstić information content (AvgIpc) is 2.39. The van der Waals surface area contributed by atoms with E-state index in [4.69, 9.17) is 4.98 Å². The lowest BCUT2D eigenvalue weighted by atomic mass is 9.78. The first-order chi connectivity index (χ1) is 9.06. The molecule has 1 aromatic heterocycles. The molecule has 19 heavy (non-hydrogen) atoms. The van der Waals surface area contributed by atoms with Gasteiger partial charge in [0.25, 0.3) is 0 Å². The van der Waals surface area contributed by atoms with E-state index in [1.54, 1.807) is 0 Å². The molecule has 0 aliphatic carbocycles. The van der Waals surface area contributed by atoms with E-state index in [1.807, 2.05) is 7.05 Å². The Labute approximate surface area is 117 Å². The topological polar surface area (TPSA) is 28.2 Å². The molecule has 1 N–H and O–H groups in total. The second-order valence-corrected chi connectivity index (χ2v) is 6.16. The molecule has 106 valence electrons. The first kappa shape index (κ1) is 14.3. The van der Waals surface area contributed by atoms with Crippen LogP contribution in [0.25, 0.3) is 0 Å². The maximum atomic E-state index is 4.71. The molecule has 0 radical (unpaired) electrons. The lowest BCUT2D eigenvalue weighted by Gasteiger charge is -2.39. The zero-order valence-corrected chi connectivity index (χ0v) is 12.8. The van der Waals surface area contributed by atoms with Crippen molar-refractivity contribution in [1.29, 1.82) is 0 Å². The number of hydrogen-bond donors (Lipinski definition) is 1. The molecule has 3 nitrogen and oxygen atoms in total. The van der Waals surface area contributed by atoms with Crippen molar-refractivity contribution in [3.63, 3.8) is 0 Å². The van der Waals surface area contributed by atoms with Gasteiger partial charge in [-0.15, -0.1) is 0 Å². The summed E-state index contributed by atoms with van der Waals surface area (Å²) in [6.07, 6.45) is 3.84. The van der Waals surface area contributed by atoms with Crippen molar-refractivity contribution in [2.75, 3.05) is 25.0 Å². The lowest BCUT2D eigenvalue weighted by Crippen LogP contribution is -2.39. The van der Waals surface area contributed by atoms with Crippen LogP contribution < -0.4 is 10.2 Å². The van der Waals surface area contributed by atoms with E-state index in [0.717, 1.165) is 31.1 Å². The summed E-state index contributed by atoms with van der Waals surface area (Å²) in [6.45, 7) is 10.0. The van der Waals surface area contributed by atoms with Crippen LogP contribution in [0.5, 0.6) is 0 Å². The Morgan fingerprint density at radius 3 is 2.58 bits per heavy atom. The fourth-order valence-electron chi connectivity index (χ4n) is 2.82. The van der Waals surface area contributed by atoms with Crippen molar-refractivity contribution in [3.8, 4) is 0 Å². The van der Waals surface area contributed by atoms with Crippen LogP contribution in [0.2, 0.25) is 0 Å². The van der Waals surface area contributed by atoms with Crippen LogP contribution in [0.15, 0.2) is 12.1 Å². The largest absolute Gasteiger partial charge is 0.357 e. The first-order valence-electron chi connectivity index (χ1n) is 7.43. The van der Waals surface area contributed by atoms with E-state index in [2.05, 4.69) is 43.1 Å². The van der Waals surface area contributed by atoms with Crippen LogP contribution in [0.1, 0.15) is 44.4 Å². The highest BCUT2D eigenvalue weighted by Gasteiger charge is 2.28. The third kappa shape index (κ3) is 3.47. The van der Waals surface area contributed by atoms with Gasteiger partial charge in [0.15, 0.2) is 0 Å². The maximum Gasteiger partial charge on any atom is 0.129 e. The summed E-state index contributed by atoms with van der Waals surface area (Å²) < 4.78 is 0. The Hall–Kier alpha value is -1.09. The number of aromatic nitrogens is 1. The van der Waals surface area contributed by atoms with Crippen LogP contribution in [-0.2, 0) is 6.54 Å². The molecule has 2 heterocycles. The van der Waals surface area contributed by atoms with E-state index in [-0.39, 0.29) is 0 Å². The van der Waals surface area contributed by atoms with Gasteiger partial charge in [-0.25, -0.2) is 4.98 Å². The summed E-state index contributed by atoms with van der Waals surface area (Å²) in [5.74, 6) is 1.16. The Morgan fingerprint density at radius 2 is 2.00 bits per heavy atom. The van der Waals surface area contributed by atoms with Crippen molar-refractivity contribution in [1.82, 2.24) is 10.3 Å². The second-order valence-electron chi connectivity index (χ2n) is 6.16. The number of anilines is 1. The molecule has 1 fully saturated rings. The molecule has 1 aromatic rings. The maximum absolute atomic E-state index is 4.71. The number of nitrogens with zero attached hydrogens (tertiary/aromatic N) is 2. The zero-order valence-electron chi connectivity index (χ0n) is 12.8.